The molecule has 3 nitrogen and oxygen atoms in total. The second-order valence-corrected chi connectivity index (χ2v) is 8.33. The first-order valence-corrected chi connectivity index (χ1v) is 11.6. The van der Waals surface area contributed by atoms with Crippen LogP contribution in [-0.2, 0) is 4.74 Å². The van der Waals surface area contributed by atoms with Crippen molar-refractivity contribution in [3.05, 3.63) is 40.0 Å². The van der Waals surface area contributed by atoms with Crippen molar-refractivity contribution in [2.75, 3.05) is 19.0 Å². The zero-order valence-electron chi connectivity index (χ0n) is 17.2. The van der Waals surface area contributed by atoms with E-state index in [-0.39, 0.29) is 0 Å². The van der Waals surface area contributed by atoms with Gasteiger partial charge in [0.2, 0.25) is 5.82 Å². The summed E-state index contributed by atoms with van der Waals surface area (Å²) in [5, 5.41) is 0.684. The van der Waals surface area contributed by atoms with Crippen molar-refractivity contribution in [2.45, 2.75) is 76.5 Å². The maximum absolute atomic E-state index is 13.7. The molecule has 28 heavy (non-hydrogen) atoms. The largest absolute Gasteiger partial charge is 0.419 e. The molecule has 2 rings (SSSR count). The molecule has 0 aliphatic carbocycles. The minimum absolute atomic E-state index is 0.367. The normalized spacial score (nSPS) is 11.4. The summed E-state index contributed by atoms with van der Waals surface area (Å²) in [6, 6.07) is 5.64. The summed E-state index contributed by atoms with van der Waals surface area (Å²) in [7, 11) is 0. The van der Waals surface area contributed by atoms with Crippen LogP contribution in [0.5, 0.6) is 0 Å². The zero-order chi connectivity index (χ0) is 20.2. The van der Waals surface area contributed by atoms with Gasteiger partial charge in [0.1, 0.15) is 0 Å². The second-order valence-electron chi connectivity index (χ2n) is 7.19. The molecule has 0 aliphatic rings. The molecule has 1 aromatic carbocycles. The first-order valence-electron chi connectivity index (χ1n) is 10.6. The van der Waals surface area contributed by atoms with Crippen molar-refractivity contribution in [3.8, 4) is 0 Å². The molecule has 0 atom stereocenters. The van der Waals surface area contributed by atoms with Crippen molar-refractivity contribution in [2.24, 2.45) is 0 Å². The topological polar surface area (TPSA) is 39.4 Å². The Kier molecular flexibility index (Phi) is 10.7. The molecule has 0 saturated heterocycles. The molecule has 0 saturated carbocycles. The number of aryl methyl sites for hydroxylation is 1. The van der Waals surface area contributed by atoms with Crippen LogP contribution in [0.2, 0.25) is 0 Å². The number of unbranched alkanes of at least 4 members (excludes halogenated alkanes) is 8. The van der Waals surface area contributed by atoms with E-state index in [1.54, 1.807) is 24.8 Å². The minimum Gasteiger partial charge on any atom is -0.419 e. The number of halogens is 1. The maximum Gasteiger partial charge on any atom is 0.372 e. The molecule has 0 bridgehead atoms. The Hall–Kier alpha value is -1.33. The van der Waals surface area contributed by atoms with E-state index < -0.39 is 11.4 Å². The van der Waals surface area contributed by atoms with Gasteiger partial charge in [-0.3, -0.25) is 0 Å². The van der Waals surface area contributed by atoms with Crippen LogP contribution in [0.3, 0.4) is 0 Å². The monoisotopic (exact) mass is 408 g/mol. The Labute approximate surface area is 172 Å². The van der Waals surface area contributed by atoms with Gasteiger partial charge in [0.15, 0.2) is 5.58 Å². The molecule has 1 heterocycles. The van der Waals surface area contributed by atoms with Crippen LogP contribution in [-0.4, -0.2) is 19.0 Å². The number of para-hydroxylation sites is 1. The minimum atomic E-state index is -0.879. The molecule has 0 unspecified atom stereocenters. The van der Waals surface area contributed by atoms with Gasteiger partial charge >= 0.3 is 5.63 Å². The molecule has 5 heteroatoms. The predicted molar refractivity (Wildman–Crippen MR) is 116 cm³/mol. The van der Waals surface area contributed by atoms with E-state index in [4.69, 9.17) is 9.15 Å². The fourth-order valence-corrected chi connectivity index (χ4v) is 4.33. The summed E-state index contributed by atoms with van der Waals surface area (Å²) in [5.41, 5.74) is 0.00302. The number of benzene rings is 1. The average Bonchev–Trinajstić information content (AvgIpc) is 2.70. The molecule has 156 valence electrons. The van der Waals surface area contributed by atoms with Gasteiger partial charge in [0, 0.05) is 24.2 Å². The number of hydrogen-bond acceptors (Lipinski definition) is 4. The van der Waals surface area contributed by atoms with Gasteiger partial charge in [-0.25, -0.2) is 4.79 Å². The Balaban J connectivity index is 1.61. The van der Waals surface area contributed by atoms with Crippen molar-refractivity contribution in [1.82, 2.24) is 0 Å². The van der Waals surface area contributed by atoms with Crippen molar-refractivity contribution >= 4 is 22.7 Å². The Morgan fingerprint density at radius 2 is 1.64 bits per heavy atom. The van der Waals surface area contributed by atoms with Crippen LogP contribution < -0.4 is 5.63 Å². The van der Waals surface area contributed by atoms with Crippen LogP contribution in [0.15, 0.2) is 32.3 Å². The first kappa shape index (κ1) is 23.0. The van der Waals surface area contributed by atoms with Crippen LogP contribution in [0, 0.1) is 12.7 Å². The molecule has 2 aromatic rings. The SMILES string of the molecule is CCOCCCCCCCCCCCSc1cccc2c(C)c(F)c(=O)oc12. The molecular formula is C23H33FO3S. The molecule has 0 fully saturated rings. The molecule has 1 aromatic heterocycles. The highest BCUT2D eigenvalue weighted by Gasteiger charge is 2.13. The molecule has 0 aliphatic heterocycles. The maximum atomic E-state index is 13.7. The van der Waals surface area contributed by atoms with E-state index in [0.717, 1.165) is 30.3 Å². The summed E-state index contributed by atoms with van der Waals surface area (Å²) in [6.45, 7) is 5.40. The van der Waals surface area contributed by atoms with Crippen molar-refractivity contribution < 1.29 is 13.5 Å². The van der Waals surface area contributed by atoms with Crippen LogP contribution in [0.1, 0.15) is 70.3 Å². The number of hydrogen-bond donors (Lipinski definition) is 0. The van der Waals surface area contributed by atoms with E-state index in [0.29, 0.717) is 16.5 Å². The van der Waals surface area contributed by atoms with Gasteiger partial charge < -0.3 is 9.15 Å². The number of thioether (sulfide) groups is 1. The molecule has 0 amide bonds. The molecule has 0 radical (unpaired) electrons. The highest BCUT2D eigenvalue weighted by molar-refractivity contribution is 7.99. The van der Waals surface area contributed by atoms with E-state index in [1.165, 1.54) is 51.4 Å². The van der Waals surface area contributed by atoms with E-state index in [1.807, 2.05) is 19.1 Å². The van der Waals surface area contributed by atoms with E-state index in [9.17, 15) is 9.18 Å². The fraction of sp³-hybridized carbons (Fsp3) is 0.609. The van der Waals surface area contributed by atoms with E-state index >= 15 is 0 Å². The standard InChI is InChI=1S/C23H33FO3S/c1-3-26-16-11-9-7-5-4-6-8-10-12-17-28-20-15-13-14-19-18(2)21(24)23(25)27-22(19)20/h13-15H,3-12,16-17H2,1-2H3. The highest BCUT2D eigenvalue weighted by atomic mass is 32.2. The fourth-order valence-electron chi connectivity index (χ4n) is 3.31. The van der Waals surface area contributed by atoms with Crippen LogP contribution >= 0.6 is 11.8 Å². The average molecular weight is 409 g/mol. The van der Waals surface area contributed by atoms with Crippen molar-refractivity contribution in [1.29, 1.82) is 0 Å². The molecule has 0 N–H and O–H groups in total. The highest BCUT2D eigenvalue weighted by Crippen LogP contribution is 2.30. The number of ether oxygens (including phenoxy) is 1. The van der Waals surface area contributed by atoms with Crippen molar-refractivity contribution in [3.63, 3.8) is 0 Å². The Morgan fingerprint density at radius 1 is 1.00 bits per heavy atom. The first-order chi connectivity index (χ1) is 13.6. The summed E-state index contributed by atoms with van der Waals surface area (Å²) in [6.07, 6.45) is 11.4. The molecular weight excluding hydrogens is 375 g/mol. The van der Waals surface area contributed by atoms with Gasteiger partial charge in [-0.2, -0.15) is 4.39 Å². The van der Waals surface area contributed by atoms with Gasteiger partial charge in [-0.15, -0.1) is 11.8 Å². The van der Waals surface area contributed by atoms with Gasteiger partial charge in [0.25, 0.3) is 0 Å². The lowest BCUT2D eigenvalue weighted by molar-refractivity contribution is 0.143. The quantitative estimate of drug-likeness (QED) is 0.194. The number of rotatable bonds is 14. The lowest BCUT2D eigenvalue weighted by atomic mass is 10.1. The molecule has 0 spiro atoms. The number of fused-ring (bicyclic) bond motifs is 1. The van der Waals surface area contributed by atoms with Crippen LogP contribution in [0.25, 0.3) is 11.0 Å². The third kappa shape index (κ3) is 7.25. The Bertz CT molecular complexity index is 772. The van der Waals surface area contributed by atoms with E-state index in [2.05, 4.69) is 0 Å². The van der Waals surface area contributed by atoms with Crippen LogP contribution in [0.4, 0.5) is 4.39 Å². The van der Waals surface area contributed by atoms with Gasteiger partial charge in [-0.05, 0) is 38.5 Å². The lowest BCUT2D eigenvalue weighted by Gasteiger charge is -2.07. The third-order valence-electron chi connectivity index (χ3n) is 4.98. The summed E-state index contributed by atoms with van der Waals surface area (Å²) in [4.78, 5) is 12.6. The Morgan fingerprint density at radius 3 is 2.32 bits per heavy atom. The summed E-state index contributed by atoms with van der Waals surface area (Å²) >= 11 is 1.69. The zero-order valence-corrected chi connectivity index (χ0v) is 18.0. The summed E-state index contributed by atoms with van der Waals surface area (Å²) < 4.78 is 24.3. The smallest absolute Gasteiger partial charge is 0.372 e. The van der Waals surface area contributed by atoms with Gasteiger partial charge in [0.05, 0.1) is 4.90 Å². The third-order valence-corrected chi connectivity index (χ3v) is 6.11. The lowest BCUT2D eigenvalue weighted by Crippen LogP contribution is -2.07. The predicted octanol–water partition coefficient (Wildman–Crippen LogP) is 6.88. The summed E-state index contributed by atoms with van der Waals surface area (Å²) in [5.74, 6) is 0.195. The second kappa shape index (κ2) is 13.0. The van der Waals surface area contributed by atoms with Gasteiger partial charge in [-0.1, -0.05) is 57.1 Å².